The summed E-state index contributed by atoms with van der Waals surface area (Å²) in [6.45, 7) is 3.23. The van der Waals surface area contributed by atoms with Gasteiger partial charge in [-0.1, -0.05) is 19.8 Å². The summed E-state index contributed by atoms with van der Waals surface area (Å²) in [5, 5.41) is 2.73. The van der Waals surface area contributed by atoms with Gasteiger partial charge in [-0.25, -0.2) is 9.69 Å². The number of carbonyl (C=O) groups excluding carboxylic acids is 5. The first-order valence-corrected chi connectivity index (χ1v) is 9.96. The lowest BCUT2D eigenvalue weighted by Gasteiger charge is -2.34. The molecular formula is C21H23N3O5. The number of hydrogen-bond acceptors (Lipinski definition) is 5. The van der Waals surface area contributed by atoms with Crippen LogP contribution in [0.3, 0.4) is 0 Å². The van der Waals surface area contributed by atoms with Crippen molar-refractivity contribution in [3.8, 4) is 0 Å². The smallest absolute Gasteiger partial charge is 0.325 e. The van der Waals surface area contributed by atoms with E-state index >= 15 is 0 Å². The SMILES string of the molecule is C[C@@H]1C(=O)Nc2ccc(C(=O)CN3C(=O)C(=O)N([C@@H]4CCCC[C@@H]4C)C3=O)cc21. The Kier molecular flexibility index (Phi) is 4.72. The van der Waals surface area contributed by atoms with E-state index < -0.39 is 30.2 Å². The third kappa shape index (κ3) is 3.12. The number of anilines is 1. The molecule has 0 aromatic heterocycles. The fourth-order valence-electron chi connectivity index (χ4n) is 4.46. The number of carbonyl (C=O) groups is 5. The van der Waals surface area contributed by atoms with Crippen molar-refractivity contribution in [2.45, 2.75) is 51.5 Å². The van der Waals surface area contributed by atoms with Gasteiger partial charge in [0.15, 0.2) is 5.78 Å². The van der Waals surface area contributed by atoms with Gasteiger partial charge in [0.2, 0.25) is 5.91 Å². The van der Waals surface area contributed by atoms with E-state index in [-0.39, 0.29) is 23.8 Å². The molecule has 1 saturated carbocycles. The molecule has 1 aromatic rings. The topological polar surface area (TPSA) is 104 Å². The molecule has 2 heterocycles. The first kappa shape index (κ1) is 19.3. The van der Waals surface area contributed by atoms with Crippen LogP contribution in [0.25, 0.3) is 0 Å². The second kappa shape index (κ2) is 7.09. The quantitative estimate of drug-likeness (QED) is 0.477. The van der Waals surface area contributed by atoms with Crippen molar-refractivity contribution in [3.63, 3.8) is 0 Å². The molecule has 0 unspecified atom stereocenters. The summed E-state index contributed by atoms with van der Waals surface area (Å²) in [6.07, 6.45) is 3.52. The van der Waals surface area contributed by atoms with E-state index in [0.29, 0.717) is 23.2 Å². The van der Waals surface area contributed by atoms with Gasteiger partial charge in [0.05, 0.1) is 12.5 Å². The van der Waals surface area contributed by atoms with Gasteiger partial charge in [-0.15, -0.1) is 0 Å². The van der Waals surface area contributed by atoms with E-state index in [0.717, 1.165) is 29.1 Å². The number of fused-ring (bicyclic) bond motifs is 1. The number of benzene rings is 1. The molecule has 0 radical (unpaired) electrons. The summed E-state index contributed by atoms with van der Waals surface area (Å²) in [5.74, 6) is -2.64. The molecule has 5 amide bonds. The van der Waals surface area contributed by atoms with E-state index in [1.54, 1.807) is 25.1 Å². The van der Waals surface area contributed by atoms with Crippen LogP contribution < -0.4 is 5.32 Å². The molecule has 0 bridgehead atoms. The molecule has 3 atom stereocenters. The molecule has 152 valence electrons. The van der Waals surface area contributed by atoms with Gasteiger partial charge in [-0.2, -0.15) is 0 Å². The summed E-state index contributed by atoms with van der Waals surface area (Å²) in [7, 11) is 0. The normalized spacial score (nSPS) is 26.8. The highest BCUT2D eigenvalue weighted by molar-refractivity contribution is 6.45. The van der Waals surface area contributed by atoms with Crippen molar-refractivity contribution in [2.75, 3.05) is 11.9 Å². The average molecular weight is 397 g/mol. The van der Waals surface area contributed by atoms with Gasteiger partial charge in [-0.3, -0.25) is 24.1 Å². The zero-order valence-corrected chi connectivity index (χ0v) is 16.4. The number of Topliss-reactive ketones (excluding diaryl/α,β-unsaturated/α-hetero) is 1. The third-order valence-electron chi connectivity index (χ3n) is 6.27. The molecule has 1 N–H and O–H groups in total. The van der Waals surface area contributed by atoms with Crippen LogP contribution in [0.2, 0.25) is 0 Å². The maximum Gasteiger partial charge on any atom is 0.334 e. The number of imide groups is 2. The Hall–Kier alpha value is -3.03. The number of nitrogens with zero attached hydrogens (tertiary/aromatic N) is 2. The van der Waals surface area contributed by atoms with E-state index in [2.05, 4.69) is 5.32 Å². The van der Waals surface area contributed by atoms with Crippen LogP contribution in [0, 0.1) is 5.92 Å². The van der Waals surface area contributed by atoms with Gasteiger partial charge >= 0.3 is 17.8 Å². The standard InChI is InChI=1S/C21H23N3O5/c1-11-5-3-4-6-16(11)24-20(28)19(27)23(21(24)29)10-17(25)13-7-8-15-14(9-13)12(2)18(26)22-15/h7-9,11-12,16H,3-6,10H2,1-2H3,(H,22,26)/t11-,12-,16+/m0/s1. The fourth-order valence-corrected chi connectivity index (χ4v) is 4.46. The van der Waals surface area contributed by atoms with Crippen molar-refractivity contribution in [2.24, 2.45) is 5.92 Å². The second-order valence-corrected chi connectivity index (χ2v) is 8.11. The zero-order chi connectivity index (χ0) is 20.9. The Morgan fingerprint density at radius 3 is 2.52 bits per heavy atom. The van der Waals surface area contributed by atoms with Gasteiger partial charge in [0.1, 0.15) is 0 Å². The Morgan fingerprint density at radius 2 is 1.79 bits per heavy atom. The molecular weight excluding hydrogens is 374 g/mol. The van der Waals surface area contributed by atoms with Crippen molar-refractivity contribution in [3.05, 3.63) is 29.3 Å². The predicted molar refractivity (Wildman–Crippen MR) is 103 cm³/mol. The van der Waals surface area contributed by atoms with Crippen LogP contribution in [-0.4, -0.2) is 51.9 Å². The minimum absolute atomic E-state index is 0.128. The third-order valence-corrected chi connectivity index (χ3v) is 6.27. The Bertz CT molecular complexity index is 940. The number of ketones is 1. The highest BCUT2D eigenvalue weighted by Crippen LogP contribution is 2.33. The number of hydrogen-bond donors (Lipinski definition) is 1. The van der Waals surface area contributed by atoms with Crippen LogP contribution in [0.5, 0.6) is 0 Å². The summed E-state index contributed by atoms with van der Waals surface area (Å²) in [6, 6.07) is 3.78. The second-order valence-electron chi connectivity index (χ2n) is 8.11. The molecule has 8 heteroatoms. The Morgan fingerprint density at radius 1 is 1.07 bits per heavy atom. The molecule has 2 aliphatic heterocycles. The summed E-state index contributed by atoms with van der Waals surface area (Å²) in [4.78, 5) is 64.1. The highest BCUT2D eigenvalue weighted by Gasteiger charge is 2.49. The van der Waals surface area contributed by atoms with E-state index in [1.807, 2.05) is 6.92 Å². The molecule has 3 aliphatic rings. The summed E-state index contributed by atoms with van der Waals surface area (Å²) >= 11 is 0. The minimum atomic E-state index is -0.951. The molecule has 1 aliphatic carbocycles. The van der Waals surface area contributed by atoms with E-state index in [4.69, 9.17) is 0 Å². The van der Waals surface area contributed by atoms with Crippen molar-refractivity contribution in [1.29, 1.82) is 0 Å². The minimum Gasteiger partial charge on any atom is -0.325 e. The molecule has 4 rings (SSSR count). The average Bonchev–Trinajstić information content (AvgIpc) is 3.10. The highest BCUT2D eigenvalue weighted by atomic mass is 16.2. The van der Waals surface area contributed by atoms with Gasteiger partial charge < -0.3 is 5.32 Å². The van der Waals surface area contributed by atoms with Crippen LogP contribution in [0.1, 0.15) is 61.4 Å². The summed E-state index contributed by atoms with van der Waals surface area (Å²) < 4.78 is 0. The molecule has 8 nitrogen and oxygen atoms in total. The molecule has 29 heavy (non-hydrogen) atoms. The number of rotatable bonds is 4. The van der Waals surface area contributed by atoms with Crippen LogP contribution in [-0.2, 0) is 14.4 Å². The first-order valence-electron chi connectivity index (χ1n) is 9.96. The molecule has 0 spiro atoms. The van der Waals surface area contributed by atoms with Crippen LogP contribution in [0.15, 0.2) is 18.2 Å². The van der Waals surface area contributed by atoms with E-state index in [1.165, 1.54) is 0 Å². The van der Waals surface area contributed by atoms with Crippen LogP contribution >= 0.6 is 0 Å². The van der Waals surface area contributed by atoms with Crippen LogP contribution in [0.4, 0.5) is 10.5 Å². The van der Waals surface area contributed by atoms with Gasteiger partial charge in [0.25, 0.3) is 0 Å². The van der Waals surface area contributed by atoms with Crippen molar-refractivity contribution >= 4 is 35.2 Å². The maximum absolute atomic E-state index is 12.8. The molecule has 1 aromatic carbocycles. The Labute approximate surface area is 168 Å². The monoisotopic (exact) mass is 397 g/mol. The zero-order valence-electron chi connectivity index (χ0n) is 16.4. The lowest BCUT2D eigenvalue weighted by Crippen LogP contribution is -2.46. The van der Waals surface area contributed by atoms with Gasteiger partial charge in [0, 0.05) is 17.3 Å². The van der Waals surface area contributed by atoms with Crippen molar-refractivity contribution < 1.29 is 24.0 Å². The first-order chi connectivity index (χ1) is 13.8. The van der Waals surface area contributed by atoms with Crippen molar-refractivity contribution in [1.82, 2.24) is 9.80 Å². The maximum atomic E-state index is 12.8. The number of nitrogens with one attached hydrogen (secondary N) is 1. The lowest BCUT2D eigenvalue weighted by molar-refractivity contribution is -0.144. The van der Waals surface area contributed by atoms with E-state index in [9.17, 15) is 24.0 Å². The molecule has 2 fully saturated rings. The number of urea groups is 1. The Balaban J connectivity index is 1.53. The number of amides is 5. The molecule has 1 saturated heterocycles. The predicted octanol–water partition coefficient (Wildman–Crippen LogP) is 2.29. The lowest BCUT2D eigenvalue weighted by atomic mass is 9.85. The summed E-state index contributed by atoms with van der Waals surface area (Å²) in [5.41, 5.74) is 1.65. The fraction of sp³-hybridized carbons (Fsp3) is 0.476. The van der Waals surface area contributed by atoms with Gasteiger partial charge in [-0.05, 0) is 49.4 Å². The largest absolute Gasteiger partial charge is 0.334 e.